The van der Waals surface area contributed by atoms with Gasteiger partial charge in [0.2, 0.25) is 0 Å². The van der Waals surface area contributed by atoms with Gasteiger partial charge in [0, 0.05) is 6.26 Å². The summed E-state index contributed by atoms with van der Waals surface area (Å²) in [4.78, 5) is 0. The summed E-state index contributed by atoms with van der Waals surface area (Å²) < 4.78 is 44.0. The third-order valence-electron chi connectivity index (χ3n) is 0.634. The van der Waals surface area contributed by atoms with Crippen LogP contribution in [0.4, 0.5) is 0 Å². The summed E-state index contributed by atoms with van der Waals surface area (Å²) in [6, 6.07) is 0. The summed E-state index contributed by atoms with van der Waals surface area (Å²) in [5, 5.41) is 0. The Morgan fingerprint density at radius 3 is 2.40 bits per heavy atom. The highest BCUT2D eigenvalue weighted by Gasteiger charge is 2.00. The molecular formula is C3H7O5S2-. The molecule has 0 aromatic heterocycles. The van der Waals surface area contributed by atoms with Gasteiger partial charge in [0.05, 0.1) is 23.7 Å². The Labute approximate surface area is 61.8 Å². The van der Waals surface area contributed by atoms with Crippen molar-refractivity contribution in [3.05, 3.63) is 0 Å². The van der Waals surface area contributed by atoms with E-state index < -0.39 is 21.2 Å². The first-order valence-electron chi connectivity index (χ1n) is 2.32. The predicted molar refractivity (Wildman–Crippen MR) is 34.6 cm³/mol. The normalized spacial score (nSPS) is 15.0. The van der Waals surface area contributed by atoms with Gasteiger partial charge in [0.25, 0.3) is 0 Å². The second-order valence-electron chi connectivity index (χ2n) is 1.66. The minimum atomic E-state index is -3.12. The van der Waals surface area contributed by atoms with Crippen LogP contribution in [0.3, 0.4) is 0 Å². The highest BCUT2D eigenvalue weighted by molar-refractivity contribution is 7.90. The van der Waals surface area contributed by atoms with E-state index in [1.165, 1.54) is 0 Å². The Bertz CT molecular complexity index is 205. The zero-order valence-corrected chi connectivity index (χ0v) is 6.90. The lowest BCUT2D eigenvalue weighted by Crippen LogP contribution is -2.10. The molecule has 0 aliphatic carbocycles. The maximum atomic E-state index is 10.3. The molecule has 0 rings (SSSR count). The molecule has 0 saturated heterocycles. The Balaban J connectivity index is 3.49. The molecule has 0 heterocycles. The molecule has 0 radical (unpaired) electrons. The van der Waals surface area contributed by atoms with E-state index in [0.29, 0.717) is 0 Å². The lowest BCUT2D eigenvalue weighted by molar-refractivity contribution is 0.319. The molecule has 5 nitrogen and oxygen atoms in total. The maximum absolute atomic E-state index is 10.3. The summed E-state index contributed by atoms with van der Waals surface area (Å²) in [6.07, 6.45) is 1.00. The second kappa shape index (κ2) is 4.02. The maximum Gasteiger partial charge on any atom is 0.149 e. The van der Waals surface area contributed by atoms with Gasteiger partial charge < -0.3 is 4.55 Å². The van der Waals surface area contributed by atoms with Gasteiger partial charge in [-0.2, -0.15) is 0 Å². The SMILES string of the molecule is CS(=O)(=O)CCOS(=O)[O-]. The molecule has 0 saturated carbocycles. The van der Waals surface area contributed by atoms with Crippen molar-refractivity contribution >= 4 is 21.2 Å². The Kier molecular flexibility index (Phi) is 4.02. The topological polar surface area (TPSA) is 83.5 Å². The third kappa shape index (κ3) is 8.02. The lowest BCUT2D eigenvalue weighted by atomic mass is 10.9. The van der Waals surface area contributed by atoms with Crippen LogP contribution in [-0.4, -0.2) is 35.8 Å². The molecular weight excluding hydrogens is 180 g/mol. The van der Waals surface area contributed by atoms with Gasteiger partial charge >= 0.3 is 0 Å². The molecule has 7 heteroatoms. The number of hydrogen-bond donors (Lipinski definition) is 0. The first kappa shape index (κ1) is 10.0. The van der Waals surface area contributed by atoms with Crippen LogP contribution >= 0.6 is 0 Å². The first-order valence-corrected chi connectivity index (χ1v) is 5.38. The highest BCUT2D eigenvalue weighted by Crippen LogP contribution is 1.85. The second-order valence-corrected chi connectivity index (χ2v) is 4.56. The van der Waals surface area contributed by atoms with E-state index in [1.807, 2.05) is 0 Å². The monoisotopic (exact) mass is 187 g/mol. The molecule has 1 unspecified atom stereocenters. The first-order chi connectivity index (χ1) is 4.42. The molecule has 0 amide bonds. The van der Waals surface area contributed by atoms with Crippen molar-refractivity contribution in [3.63, 3.8) is 0 Å². The van der Waals surface area contributed by atoms with Crippen molar-refractivity contribution in [2.45, 2.75) is 0 Å². The average Bonchev–Trinajstić information content (AvgIpc) is 1.59. The van der Waals surface area contributed by atoms with E-state index >= 15 is 0 Å². The van der Waals surface area contributed by atoms with Crippen LogP contribution < -0.4 is 0 Å². The van der Waals surface area contributed by atoms with Gasteiger partial charge in [-0.25, -0.2) is 12.6 Å². The van der Waals surface area contributed by atoms with Gasteiger partial charge in [-0.3, -0.25) is 4.18 Å². The quantitative estimate of drug-likeness (QED) is 0.518. The van der Waals surface area contributed by atoms with Gasteiger partial charge in [-0.1, -0.05) is 0 Å². The molecule has 0 aliphatic rings. The van der Waals surface area contributed by atoms with Gasteiger partial charge in [-0.15, -0.1) is 0 Å². The fraction of sp³-hybridized carbons (Fsp3) is 1.00. The van der Waals surface area contributed by atoms with Crippen molar-refractivity contribution in [1.29, 1.82) is 0 Å². The van der Waals surface area contributed by atoms with Crippen LogP contribution in [0.5, 0.6) is 0 Å². The van der Waals surface area contributed by atoms with Crippen LogP contribution in [0, 0.1) is 0 Å². The Hall–Kier alpha value is 0.0200. The largest absolute Gasteiger partial charge is 0.750 e. The van der Waals surface area contributed by atoms with Crippen molar-refractivity contribution in [3.8, 4) is 0 Å². The molecule has 0 aromatic rings. The summed E-state index contributed by atoms with van der Waals surface area (Å²) >= 11 is -2.61. The molecule has 0 bridgehead atoms. The van der Waals surface area contributed by atoms with E-state index in [0.717, 1.165) is 6.26 Å². The zero-order chi connectivity index (χ0) is 8.20. The Morgan fingerprint density at radius 1 is 1.60 bits per heavy atom. The molecule has 0 spiro atoms. The lowest BCUT2D eigenvalue weighted by Gasteiger charge is -2.03. The third-order valence-corrected chi connectivity index (χ3v) is 1.90. The highest BCUT2D eigenvalue weighted by atomic mass is 32.2. The molecule has 0 aromatic carbocycles. The summed E-state index contributed by atoms with van der Waals surface area (Å²) in [5.41, 5.74) is 0. The van der Waals surface area contributed by atoms with Crippen molar-refractivity contribution in [2.24, 2.45) is 0 Å². The van der Waals surface area contributed by atoms with Crippen molar-refractivity contribution < 1.29 is 21.4 Å². The molecule has 0 N–H and O–H groups in total. The molecule has 10 heavy (non-hydrogen) atoms. The molecule has 0 aliphatic heterocycles. The van der Waals surface area contributed by atoms with Crippen molar-refractivity contribution in [2.75, 3.05) is 18.6 Å². The smallest absolute Gasteiger partial charge is 0.149 e. The van der Waals surface area contributed by atoms with Gasteiger partial charge in [0.1, 0.15) is 9.84 Å². The van der Waals surface area contributed by atoms with Gasteiger partial charge in [-0.05, 0) is 0 Å². The molecule has 1 atom stereocenters. The average molecular weight is 187 g/mol. The molecule has 62 valence electrons. The van der Waals surface area contributed by atoms with E-state index in [9.17, 15) is 17.2 Å². The summed E-state index contributed by atoms with van der Waals surface area (Å²) in [6.45, 7) is -0.311. The predicted octanol–water partition coefficient (Wildman–Crippen LogP) is -1.16. The van der Waals surface area contributed by atoms with E-state index in [-0.39, 0.29) is 12.4 Å². The van der Waals surface area contributed by atoms with Crippen LogP contribution in [-0.2, 0) is 25.4 Å². The zero-order valence-electron chi connectivity index (χ0n) is 5.27. The fourth-order valence-corrected chi connectivity index (χ4v) is 0.964. The molecule has 0 fully saturated rings. The van der Waals surface area contributed by atoms with E-state index in [1.54, 1.807) is 0 Å². The number of sulfone groups is 1. The van der Waals surface area contributed by atoms with Crippen LogP contribution in [0.2, 0.25) is 0 Å². The van der Waals surface area contributed by atoms with Crippen LogP contribution in [0.25, 0.3) is 0 Å². The summed E-state index contributed by atoms with van der Waals surface area (Å²) in [7, 11) is -3.12. The van der Waals surface area contributed by atoms with E-state index in [2.05, 4.69) is 4.18 Å². The van der Waals surface area contributed by atoms with Gasteiger partial charge in [0.15, 0.2) is 0 Å². The standard InChI is InChI=1S/C3H8O5S2/c1-10(6,7)3-2-8-9(4)5/h2-3H2,1H3,(H,4,5)/p-1. The minimum Gasteiger partial charge on any atom is -0.750 e. The number of hydrogen-bond acceptors (Lipinski definition) is 5. The summed E-state index contributed by atoms with van der Waals surface area (Å²) in [5.74, 6) is -0.277. The number of rotatable bonds is 4. The van der Waals surface area contributed by atoms with Crippen LogP contribution in [0.15, 0.2) is 0 Å². The van der Waals surface area contributed by atoms with Crippen molar-refractivity contribution in [1.82, 2.24) is 0 Å². The fourth-order valence-electron chi connectivity index (χ4n) is 0.253. The minimum absolute atomic E-state index is 0.277. The Morgan fingerprint density at radius 2 is 2.10 bits per heavy atom. The van der Waals surface area contributed by atoms with E-state index in [4.69, 9.17) is 0 Å². The van der Waals surface area contributed by atoms with Crippen LogP contribution in [0.1, 0.15) is 0 Å².